The van der Waals surface area contributed by atoms with Gasteiger partial charge in [-0.2, -0.15) is 0 Å². The van der Waals surface area contributed by atoms with E-state index >= 15 is 0 Å². The number of ether oxygens (including phenoxy) is 1. The van der Waals surface area contributed by atoms with Gasteiger partial charge >= 0.3 is 0 Å². The SMILES string of the molecule is CC(N)Cc1ccc(Oc2cc(F)cc(Br)c2)cc1. The summed E-state index contributed by atoms with van der Waals surface area (Å²) in [7, 11) is 0. The standard InChI is InChI=1S/C15H15BrFNO/c1-10(18)6-11-2-4-14(5-3-11)19-15-8-12(16)7-13(17)9-15/h2-5,7-10H,6,18H2,1H3. The number of nitrogens with two attached hydrogens (primary N) is 1. The van der Waals surface area contributed by atoms with Crippen molar-refractivity contribution in [1.29, 1.82) is 0 Å². The summed E-state index contributed by atoms with van der Waals surface area (Å²) in [6.45, 7) is 1.97. The maximum atomic E-state index is 13.2. The fourth-order valence-electron chi connectivity index (χ4n) is 1.79. The maximum absolute atomic E-state index is 13.2. The largest absolute Gasteiger partial charge is 0.457 e. The third kappa shape index (κ3) is 4.33. The Balaban J connectivity index is 2.10. The second kappa shape index (κ2) is 6.17. The quantitative estimate of drug-likeness (QED) is 0.911. The second-order valence-electron chi connectivity index (χ2n) is 4.53. The van der Waals surface area contributed by atoms with Crippen LogP contribution in [0.25, 0.3) is 0 Å². The molecule has 2 aromatic carbocycles. The third-order valence-electron chi connectivity index (χ3n) is 2.55. The Morgan fingerprint density at radius 1 is 1.16 bits per heavy atom. The van der Waals surface area contributed by atoms with Gasteiger partial charge in [0.25, 0.3) is 0 Å². The van der Waals surface area contributed by atoms with Crippen molar-refractivity contribution in [1.82, 2.24) is 0 Å². The minimum atomic E-state index is -0.335. The van der Waals surface area contributed by atoms with Gasteiger partial charge < -0.3 is 10.5 Å². The Morgan fingerprint density at radius 2 is 1.84 bits per heavy atom. The summed E-state index contributed by atoms with van der Waals surface area (Å²) < 4.78 is 19.5. The van der Waals surface area contributed by atoms with E-state index in [-0.39, 0.29) is 11.9 Å². The van der Waals surface area contributed by atoms with Crippen LogP contribution in [0.3, 0.4) is 0 Å². The van der Waals surface area contributed by atoms with Crippen LogP contribution in [0.1, 0.15) is 12.5 Å². The van der Waals surface area contributed by atoms with Gasteiger partial charge in [0.05, 0.1) is 0 Å². The molecule has 2 nitrogen and oxygen atoms in total. The van der Waals surface area contributed by atoms with Crippen LogP contribution in [0.2, 0.25) is 0 Å². The summed E-state index contributed by atoms with van der Waals surface area (Å²) in [4.78, 5) is 0. The van der Waals surface area contributed by atoms with Crippen molar-refractivity contribution in [3.63, 3.8) is 0 Å². The van der Waals surface area contributed by atoms with Crippen LogP contribution in [-0.2, 0) is 6.42 Å². The molecule has 2 N–H and O–H groups in total. The van der Waals surface area contributed by atoms with Gasteiger partial charge in [-0.25, -0.2) is 4.39 Å². The fraction of sp³-hybridized carbons (Fsp3) is 0.200. The van der Waals surface area contributed by atoms with Gasteiger partial charge in [0.15, 0.2) is 0 Å². The van der Waals surface area contributed by atoms with Gasteiger partial charge in [0, 0.05) is 16.6 Å². The van der Waals surface area contributed by atoms with Gasteiger partial charge in [0.1, 0.15) is 17.3 Å². The molecule has 1 unspecified atom stereocenters. The van der Waals surface area contributed by atoms with E-state index in [0.29, 0.717) is 16.0 Å². The van der Waals surface area contributed by atoms with E-state index in [1.165, 1.54) is 12.1 Å². The Kier molecular flexibility index (Phi) is 4.56. The van der Waals surface area contributed by atoms with Crippen molar-refractivity contribution < 1.29 is 9.13 Å². The molecule has 0 bridgehead atoms. The lowest BCUT2D eigenvalue weighted by Gasteiger charge is -2.08. The van der Waals surface area contributed by atoms with Gasteiger partial charge in [-0.1, -0.05) is 28.1 Å². The molecule has 0 aliphatic rings. The molecule has 19 heavy (non-hydrogen) atoms. The van der Waals surface area contributed by atoms with Crippen LogP contribution in [-0.4, -0.2) is 6.04 Å². The molecule has 0 aliphatic carbocycles. The monoisotopic (exact) mass is 323 g/mol. The van der Waals surface area contributed by atoms with E-state index < -0.39 is 0 Å². The minimum absolute atomic E-state index is 0.131. The molecule has 2 aromatic rings. The lowest BCUT2D eigenvalue weighted by atomic mass is 10.1. The zero-order chi connectivity index (χ0) is 13.8. The van der Waals surface area contributed by atoms with Crippen molar-refractivity contribution in [2.75, 3.05) is 0 Å². The highest BCUT2D eigenvalue weighted by molar-refractivity contribution is 9.10. The molecule has 0 aliphatic heterocycles. The molecule has 0 heterocycles. The minimum Gasteiger partial charge on any atom is -0.457 e. The molecule has 0 amide bonds. The highest BCUT2D eigenvalue weighted by Crippen LogP contribution is 2.26. The topological polar surface area (TPSA) is 35.2 Å². The maximum Gasteiger partial charge on any atom is 0.131 e. The Morgan fingerprint density at radius 3 is 2.42 bits per heavy atom. The first-order valence-corrected chi connectivity index (χ1v) is 6.81. The Labute approximate surface area is 120 Å². The number of rotatable bonds is 4. The van der Waals surface area contributed by atoms with Crippen molar-refractivity contribution in [2.45, 2.75) is 19.4 Å². The van der Waals surface area contributed by atoms with E-state index in [9.17, 15) is 4.39 Å². The smallest absolute Gasteiger partial charge is 0.131 e. The normalized spacial score (nSPS) is 12.2. The predicted octanol–water partition coefficient (Wildman–Crippen LogP) is 4.27. The molecule has 0 saturated heterocycles. The Bertz CT molecular complexity index is 534. The van der Waals surface area contributed by atoms with Gasteiger partial charge in [0.2, 0.25) is 0 Å². The van der Waals surface area contributed by atoms with Gasteiger partial charge in [-0.15, -0.1) is 0 Å². The van der Waals surface area contributed by atoms with Gasteiger partial charge in [-0.05, 0) is 43.2 Å². The van der Waals surface area contributed by atoms with E-state index in [2.05, 4.69) is 15.9 Å². The molecule has 0 spiro atoms. The van der Waals surface area contributed by atoms with Crippen molar-refractivity contribution in [3.8, 4) is 11.5 Å². The summed E-state index contributed by atoms with van der Waals surface area (Å²) in [5.41, 5.74) is 6.90. The average molecular weight is 324 g/mol. The average Bonchev–Trinajstić information content (AvgIpc) is 2.29. The third-order valence-corrected chi connectivity index (χ3v) is 3.01. The highest BCUT2D eigenvalue weighted by Gasteiger charge is 2.03. The van der Waals surface area contributed by atoms with E-state index in [0.717, 1.165) is 12.0 Å². The van der Waals surface area contributed by atoms with Crippen LogP contribution < -0.4 is 10.5 Å². The zero-order valence-corrected chi connectivity index (χ0v) is 12.2. The lowest BCUT2D eigenvalue weighted by Crippen LogP contribution is -2.17. The molecular formula is C15H15BrFNO. The summed E-state index contributed by atoms with van der Waals surface area (Å²) in [6.07, 6.45) is 0.825. The first kappa shape index (κ1) is 14.0. The lowest BCUT2D eigenvalue weighted by molar-refractivity contribution is 0.476. The summed E-state index contributed by atoms with van der Waals surface area (Å²) in [6, 6.07) is 12.2. The molecule has 0 saturated carbocycles. The van der Waals surface area contributed by atoms with Crippen LogP contribution in [0.15, 0.2) is 46.9 Å². The van der Waals surface area contributed by atoms with Crippen LogP contribution in [0, 0.1) is 5.82 Å². The number of hydrogen-bond acceptors (Lipinski definition) is 2. The zero-order valence-electron chi connectivity index (χ0n) is 10.6. The van der Waals surface area contributed by atoms with Crippen molar-refractivity contribution >= 4 is 15.9 Å². The summed E-state index contributed by atoms with van der Waals surface area (Å²) in [5, 5.41) is 0. The van der Waals surface area contributed by atoms with Gasteiger partial charge in [-0.3, -0.25) is 0 Å². The van der Waals surface area contributed by atoms with E-state index in [1.807, 2.05) is 31.2 Å². The predicted molar refractivity (Wildman–Crippen MR) is 78.0 cm³/mol. The van der Waals surface area contributed by atoms with Crippen LogP contribution in [0.4, 0.5) is 4.39 Å². The summed E-state index contributed by atoms with van der Waals surface area (Å²) >= 11 is 3.23. The second-order valence-corrected chi connectivity index (χ2v) is 5.45. The highest BCUT2D eigenvalue weighted by atomic mass is 79.9. The molecule has 4 heteroatoms. The number of benzene rings is 2. The number of hydrogen-bond donors (Lipinski definition) is 1. The molecule has 0 radical (unpaired) electrons. The first-order valence-electron chi connectivity index (χ1n) is 6.01. The van der Waals surface area contributed by atoms with Crippen LogP contribution >= 0.6 is 15.9 Å². The first-order chi connectivity index (χ1) is 9.02. The van der Waals surface area contributed by atoms with E-state index in [4.69, 9.17) is 10.5 Å². The summed E-state index contributed by atoms with van der Waals surface area (Å²) in [5.74, 6) is 0.802. The van der Waals surface area contributed by atoms with E-state index in [1.54, 1.807) is 6.07 Å². The van der Waals surface area contributed by atoms with Crippen LogP contribution in [0.5, 0.6) is 11.5 Å². The molecule has 0 aromatic heterocycles. The molecule has 1 atom stereocenters. The van der Waals surface area contributed by atoms with Crippen molar-refractivity contribution in [3.05, 3.63) is 58.3 Å². The molecule has 2 rings (SSSR count). The molecule has 0 fully saturated rings. The number of halogens is 2. The van der Waals surface area contributed by atoms with Crippen molar-refractivity contribution in [2.24, 2.45) is 5.73 Å². The fourth-order valence-corrected chi connectivity index (χ4v) is 2.23. The Hall–Kier alpha value is -1.39. The molecule has 100 valence electrons. The molecular weight excluding hydrogens is 309 g/mol.